The van der Waals surface area contributed by atoms with Crippen LogP contribution in [0.15, 0.2) is 41.8 Å². The molecule has 3 rings (SSSR count). The molecule has 0 atom stereocenters. The highest BCUT2D eigenvalue weighted by atomic mass is 32.1. The normalized spacial score (nSPS) is 18.9. The van der Waals surface area contributed by atoms with Crippen LogP contribution >= 0.6 is 11.3 Å². The van der Waals surface area contributed by atoms with Crippen molar-refractivity contribution in [2.24, 2.45) is 0 Å². The summed E-state index contributed by atoms with van der Waals surface area (Å²) in [6.07, 6.45) is 0. The van der Waals surface area contributed by atoms with Gasteiger partial charge in [-0.15, -0.1) is 0 Å². The zero-order chi connectivity index (χ0) is 16.7. The summed E-state index contributed by atoms with van der Waals surface area (Å²) in [5.74, 6) is -0.129. The molecule has 0 saturated carbocycles. The minimum atomic E-state index is -0.428. The first-order chi connectivity index (χ1) is 10.8. The first kappa shape index (κ1) is 16.2. The Morgan fingerprint density at radius 3 is 2.30 bits per heavy atom. The van der Waals surface area contributed by atoms with Gasteiger partial charge in [-0.05, 0) is 45.9 Å². The molecule has 2 aromatic rings. The predicted octanol–water partition coefficient (Wildman–Crippen LogP) is 3.30. The topological polar surface area (TPSA) is 47.6 Å². The Morgan fingerprint density at radius 1 is 1.09 bits per heavy atom. The van der Waals surface area contributed by atoms with E-state index >= 15 is 0 Å². The highest BCUT2D eigenvalue weighted by Gasteiger charge is 2.52. The van der Waals surface area contributed by atoms with Gasteiger partial charge < -0.3 is 14.6 Å². The molecule has 1 aromatic heterocycles. The quantitative estimate of drug-likeness (QED) is 0.879. The van der Waals surface area contributed by atoms with Crippen molar-refractivity contribution in [1.29, 1.82) is 0 Å². The van der Waals surface area contributed by atoms with Crippen molar-refractivity contribution in [2.45, 2.75) is 38.9 Å². The van der Waals surface area contributed by atoms with Crippen molar-refractivity contribution in [3.8, 4) is 0 Å². The molecular formula is C17H20BNO3S. The van der Waals surface area contributed by atoms with E-state index in [2.05, 4.69) is 5.32 Å². The maximum absolute atomic E-state index is 12.3. The van der Waals surface area contributed by atoms with E-state index in [4.69, 9.17) is 9.31 Å². The fourth-order valence-electron chi connectivity index (χ4n) is 2.28. The molecule has 120 valence electrons. The Balaban J connectivity index is 1.73. The zero-order valence-electron chi connectivity index (χ0n) is 13.8. The van der Waals surface area contributed by atoms with Crippen molar-refractivity contribution in [1.82, 2.24) is 0 Å². The molecular weight excluding hydrogens is 309 g/mol. The Labute approximate surface area is 141 Å². The molecule has 1 aliphatic heterocycles. The van der Waals surface area contributed by atoms with Crippen LogP contribution in [-0.2, 0) is 9.31 Å². The number of hydrogen-bond acceptors (Lipinski definition) is 4. The first-order valence-electron chi connectivity index (χ1n) is 7.59. The van der Waals surface area contributed by atoms with E-state index in [1.165, 1.54) is 11.3 Å². The fourth-order valence-corrected chi connectivity index (χ4v) is 3.12. The number of hydrogen-bond donors (Lipinski definition) is 1. The lowest BCUT2D eigenvalue weighted by Crippen LogP contribution is -2.41. The maximum Gasteiger partial charge on any atom is 0.505 e. The molecule has 1 aromatic carbocycles. The van der Waals surface area contributed by atoms with Crippen LogP contribution in [0.5, 0.6) is 0 Å². The number of carbonyl (C=O) groups is 1. The van der Waals surface area contributed by atoms with Crippen LogP contribution in [0.2, 0.25) is 0 Å². The minimum Gasteiger partial charge on any atom is -0.399 e. The number of nitrogens with one attached hydrogen (secondary N) is 1. The van der Waals surface area contributed by atoms with E-state index < -0.39 is 7.12 Å². The molecule has 1 saturated heterocycles. The van der Waals surface area contributed by atoms with Gasteiger partial charge in [0.15, 0.2) is 0 Å². The summed E-state index contributed by atoms with van der Waals surface area (Å²) < 4.78 is 12.9. The molecule has 1 amide bonds. The number of para-hydroxylation sites is 1. The van der Waals surface area contributed by atoms with Gasteiger partial charge in [-0.2, -0.15) is 11.3 Å². The van der Waals surface area contributed by atoms with E-state index in [0.29, 0.717) is 5.56 Å². The van der Waals surface area contributed by atoms with Gasteiger partial charge >= 0.3 is 7.12 Å². The molecule has 0 radical (unpaired) electrons. The highest BCUT2D eigenvalue weighted by molar-refractivity contribution is 7.21. The fraction of sp³-hybridized carbons (Fsp3) is 0.353. The second-order valence-corrected chi connectivity index (χ2v) is 7.59. The second-order valence-electron chi connectivity index (χ2n) is 6.65. The third-order valence-electron chi connectivity index (χ3n) is 4.40. The SMILES string of the molecule is CC1(C)OB(c2cc(C(=O)Nc3ccccc3)cs2)OC1(C)C. The first-order valence-corrected chi connectivity index (χ1v) is 8.47. The molecule has 2 heterocycles. The molecule has 6 heteroatoms. The van der Waals surface area contributed by atoms with Gasteiger partial charge in [-0.25, -0.2) is 0 Å². The Kier molecular flexibility index (Phi) is 4.08. The summed E-state index contributed by atoms with van der Waals surface area (Å²) in [5.41, 5.74) is 0.631. The van der Waals surface area contributed by atoms with Crippen LogP contribution in [0.4, 0.5) is 5.69 Å². The maximum atomic E-state index is 12.3. The predicted molar refractivity (Wildman–Crippen MR) is 94.4 cm³/mol. The molecule has 1 N–H and O–H groups in total. The van der Waals surface area contributed by atoms with Crippen molar-refractivity contribution in [3.63, 3.8) is 0 Å². The van der Waals surface area contributed by atoms with Crippen LogP contribution in [0, 0.1) is 0 Å². The van der Waals surface area contributed by atoms with E-state index in [0.717, 1.165) is 10.5 Å². The third-order valence-corrected chi connectivity index (χ3v) is 5.35. The van der Waals surface area contributed by atoms with Crippen LogP contribution in [-0.4, -0.2) is 24.2 Å². The number of benzene rings is 1. The number of anilines is 1. The molecule has 0 spiro atoms. The summed E-state index contributed by atoms with van der Waals surface area (Å²) in [6, 6.07) is 11.2. The van der Waals surface area contributed by atoms with Gasteiger partial charge in [-0.3, -0.25) is 4.79 Å². The standard InChI is InChI=1S/C17H20BNO3S/c1-16(2)17(3,4)22-18(21-16)14-10-12(11-23-14)15(20)19-13-8-6-5-7-9-13/h5-11H,1-4H3,(H,19,20). The number of amides is 1. The highest BCUT2D eigenvalue weighted by Crippen LogP contribution is 2.36. The minimum absolute atomic E-state index is 0.129. The van der Waals surface area contributed by atoms with Crippen molar-refractivity contribution in [2.75, 3.05) is 5.32 Å². The summed E-state index contributed by atoms with van der Waals surface area (Å²) >= 11 is 1.48. The number of thiophene rings is 1. The zero-order valence-corrected chi connectivity index (χ0v) is 14.6. The van der Waals surface area contributed by atoms with Crippen LogP contribution in [0.3, 0.4) is 0 Å². The smallest absolute Gasteiger partial charge is 0.399 e. The Morgan fingerprint density at radius 2 is 1.70 bits per heavy atom. The Bertz CT molecular complexity index is 696. The van der Waals surface area contributed by atoms with Crippen LogP contribution in [0.1, 0.15) is 38.1 Å². The lowest BCUT2D eigenvalue weighted by atomic mass is 9.87. The van der Waals surface area contributed by atoms with Gasteiger partial charge in [0.2, 0.25) is 0 Å². The number of carbonyl (C=O) groups excluding carboxylic acids is 1. The summed E-state index contributed by atoms with van der Waals surface area (Å²) in [7, 11) is -0.428. The molecule has 4 nitrogen and oxygen atoms in total. The molecule has 1 aliphatic rings. The second kappa shape index (κ2) is 5.78. The lowest BCUT2D eigenvalue weighted by molar-refractivity contribution is 0.00578. The van der Waals surface area contributed by atoms with Crippen molar-refractivity contribution < 1.29 is 14.1 Å². The molecule has 0 unspecified atom stereocenters. The monoisotopic (exact) mass is 329 g/mol. The third kappa shape index (κ3) is 3.20. The van der Waals surface area contributed by atoms with Gasteiger partial charge in [0.1, 0.15) is 0 Å². The van der Waals surface area contributed by atoms with Crippen LogP contribution in [0.25, 0.3) is 0 Å². The van der Waals surface area contributed by atoms with Crippen molar-refractivity contribution in [3.05, 3.63) is 47.3 Å². The molecule has 23 heavy (non-hydrogen) atoms. The Hall–Kier alpha value is -1.63. The van der Waals surface area contributed by atoms with Gasteiger partial charge in [0.05, 0.1) is 11.2 Å². The van der Waals surface area contributed by atoms with Crippen LogP contribution < -0.4 is 10.1 Å². The van der Waals surface area contributed by atoms with Gasteiger partial charge in [0.25, 0.3) is 5.91 Å². The largest absolute Gasteiger partial charge is 0.505 e. The summed E-state index contributed by atoms with van der Waals surface area (Å²) in [6.45, 7) is 8.07. The molecule has 0 bridgehead atoms. The van der Waals surface area contributed by atoms with E-state index in [9.17, 15) is 4.79 Å². The molecule has 0 aliphatic carbocycles. The van der Waals surface area contributed by atoms with Gasteiger partial charge in [0, 0.05) is 21.4 Å². The molecule has 1 fully saturated rings. The summed E-state index contributed by atoms with van der Waals surface area (Å²) in [4.78, 5) is 12.3. The van der Waals surface area contributed by atoms with Crippen molar-refractivity contribution >= 4 is 34.8 Å². The lowest BCUT2D eigenvalue weighted by Gasteiger charge is -2.32. The van der Waals surface area contributed by atoms with E-state index in [-0.39, 0.29) is 17.1 Å². The number of rotatable bonds is 3. The van der Waals surface area contributed by atoms with E-state index in [1.807, 2.05) is 69.5 Å². The van der Waals surface area contributed by atoms with E-state index in [1.54, 1.807) is 0 Å². The average molecular weight is 329 g/mol. The van der Waals surface area contributed by atoms with Gasteiger partial charge in [-0.1, -0.05) is 18.2 Å². The summed E-state index contributed by atoms with van der Waals surface area (Å²) in [5, 5.41) is 4.71. The average Bonchev–Trinajstić information content (AvgIpc) is 3.03.